The lowest BCUT2D eigenvalue weighted by molar-refractivity contribution is -0.116. The second-order valence-electron chi connectivity index (χ2n) is 12.3. The number of fused-ring (bicyclic) bond motifs is 2. The van der Waals surface area contributed by atoms with Gasteiger partial charge in [-0.1, -0.05) is 11.6 Å². The van der Waals surface area contributed by atoms with Gasteiger partial charge in [0.1, 0.15) is 17.1 Å². The third-order valence-corrected chi connectivity index (χ3v) is 8.40. The number of amides is 3. The van der Waals surface area contributed by atoms with Gasteiger partial charge in [-0.15, -0.1) is 0 Å². The van der Waals surface area contributed by atoms with Crippen molar-refractivity contribution in [3.8, 4) is 5.75 Å². The van der Waals surface area contributed by atoms with Gasteiger partial charge in [0.15, 0.2) is 0 Å². The molecule has 4 N–H and O–H groups in total. The number of pyridine rings is 1. The van der Waals surface area contributed by atoms with E-state index in [9.17, 15) is 14.4 Å². The number of halogens is 1. The van der Waals surface area contributed by atoms with E-state index in [4.69, 9.17) is 21.3 Å². The molecule has 0 atom stereocenters. The molecule has 0 bridgehead atoms. The fourth-order valence-electron chi connectivity index (χ4n) is 5.66. The summed E-state index contributed by atoms with van der Waals surface area (Å²) in [6.07, 6.45) is 5.97. The lowest BCUT2D eigenvalue weighted by Gasteiger charge is -2.14. The normalized spacial score (nSPS) is 11.2. The number of hydrogen-bond donors (Lipinski definition) is 4. The van der Waals surface area contributed by atoms with E-state index in [1.807, 2.05) is 50.5 Å². The summed E-state index contributed by atoms with van der Waals surface area (Å²) in [5.74, 6) is 0.0470. The number of aryl methyl sites for hydroxylation is 2. The SMILES string of the molecule is COc1ccc2nc3cc(Cl)ccc3c(NCCCCC(=O)Nc3cc(C(=O)Nc4cc(C(=O)NCCCN(C)C)n(C)c4)n(C)c3)c2c1. The van der Waals surface area contributed by atoms with Crippen molar-refractivity contribution in [2.75, 3.05) is 56.8 Å². The number of nitrogens with zero attached hydrogens (tertiary/aromatic N) is 4. The van der Waals surface area contributed by atoms with Gasteiger partial charge in [0, 0.05) is 61.8 Å². The summed E-state index contributed by atoms with van der Waals surface area (Å²) < 4.78 is 8.78. The molecule has 3 heterocycles. The zero-order valence-electron chi connectivity index (χ0n) is 28.5. The predicted molar refractivity (Wildman–Crippen MR) is 196 cm³/mol. The highest BCUT2D eigenvalue weighted by atomic mass is 35.5. The van der Waals surface area contributed by atoms with Gasteiger partial charge in [-0.25, -0.2) is 4.98 Å². The molecule has 13 heteroatoms. The van der Waals surface area contributed by atoms with Crippen LogP contribution in [0.1, 0.15) is 46.7 Å². The quantitative estimate of drug-likeness (QED) is 0.0798. The van der Waals surface area contributed by atoms with Crippen molar-refractivity contribution >= 4 is 68.2 Å². The molecule has 0 unspecified atom stereocenters. The van der Waals surface area contributed by atoms with Crippen molar-refractivity contribution in [3.05, 3.63) is 77.3 Å². The molecule has 0 radical (unpaired) electrons. The number of benzene rings is 2. The van der Waals surface area contributed by atoms with Gasteiger partial charge in [-0.2, -0.15) is 0 Å². The predicted octanol–water partition coefficient (Wildman–Crippen LogP) is 5.88. The first-order chi connectivity index (χ1) is 23.5. The third-order valence-electron chi connectivity index (χ3n) is 8.16. The van der Waals surface area contributed by atoms with E-state index in [0.717, 1.165) is 52.6 Å². The molecule has 5 rings (SSSR count). The fraction of sp³-hybridized carbons (Fsp3) is 0.333. The van der Waals surface area contributed by atoms with Gasteiger partial charge < -0.3 is 40.0 Å². The Balaban J connectivity index is 1.12. The van der Waals surface area contributed by atoms with Crippen LogP contribution < -0.4 is 26.0 Å². The summed E-state index contributed by atoms with van der Waals surface area (Å²) in [6, 6.07) is 14.7. The van der Waals surface area contributed by atoms with Crippen molar-refractivity contribution in [3.63, 3.8) is 0 Å². The molecule has 0 spiro atoms. The average molecular weight is 687 g/mol. The third kappa shape index (κ3) is 8.89. The Bertz CT molecular complexity index is 1980. The number of ether oxygens (including phenoxy) is 1. The molecule has 0 fully saturated rings. The van der Waals surface area contributed by atoms with E-state index in [-0.39, 0.29) is 17.7 Å². The number of anilines is 3. The molecule has 3 aromatic heterocycles. The maximum absolute atomic E-state index is 13.1. The summed E-state index contributed by atoms with van der Waals surface area (Å²) in [4.78, 5) is 45.3. The van der Waals surface area contributed by atoms with Crippen LogP contribution in [0.2, 0.25) is 5.02 Å². The summed E-state index contributed by atoms with van der Waals surface area (Å²) >= 11 is 6.25. The largest absolute Gasteiger partial charge is 0.497 e. The molecule has 0 aliphatic rings. The number of hydrogen-bond acceptors (Lipinski definition) is 7. The topological polar surface area (TPSA) is 135 Å². The molecule has 2 aromatic carbocycles. The van der Waals surface area contributed by atoms with E-state index in [1.165, 1.54) is 0 Å². The second-order valence-corrected chi connectivity index (χ2v) is 12.7. The van der Waals surface area contributed by atoms with E-state index >= 15 is 0 Å². The first-order valence-corrected chi connectivity index (χ1v) is 16.6. The molecule has 258 valence electrons. The van der Waals surface area contributed by atoms with Gasteiger partial charge in [-0.3, -0.25) is 14.4 Å². The number of carbonyl (C=O) groups excluding carboxylic acids is 3. The smallest absolute Gasteiger partial charge is 0.272 e. The Morgan fingerprint density at radius 2 is 1.53 bits per heavy atom. The van der Waals surface area contributed by atoms with Gasteiger partial charge >= 0.3 is 0 Å². The Morgan fingerprint density at radius 3 is 2.24 bits per heavy atom. The molecule has 0 saturated heterocycles. The number of carbonyl (C=O) groups is 3. The molecule has 49 heavy (non-hydrogen) atoms. The highest BCUT2D eigenvalue weighted by molar-refractivity contribution is 6.31. The summed E-state index contributed by atoms with van der Waals surface area (Å²) in [5.41, 5.74) is 4.42. The Kier molecular flexibility index (Phi) is 11.4. The molecular weight excluding hydrogens is 644 g/mol. The minimum absolute atomic E-state index is 0.138. The maximum atomic E-state index is 13.1. The number of methoxy groups -OCH3 is 1. The lowest BCUT2D eigenvalue weighted by atomic mass is 10.1. The summed E-state index contributed by atoms with van der Waals surface area (Å²) in [5, 5.41) is 14.7. The number of nitrogens with one attached hydrogen (secondary N) is 4. The van der Waals surface area contributed by atoms with Crippen LogP contribution in [-0.2, 0) is 18.9 Å². The van der Waals surface area contributed by atoms with Crippen molar-refractivity contribution < 1.29 is 19.1 Å². The van der Waals surface area contributed by atoms with Crippen LogP contribution in [0.3, 0.4) is 0 Å². The molecule has 0 aliphatic carbocycles. The van der Waals surface area contributed by atoms with Crippen molar-refractivity contribution in [1.29, 1.82) is 0 Å². The second kappa shape index (κ2) is 15.9. The number of rotatable bonds is 15. The molecular formula is C36H43ClN8O4. The van der Waals surface area contributed by atoms with Gasteiger partial charge in [0.05, 0.1) is 35.2 Å². The Hall–Kier alpha value is -5.07. The lowest BCUT2D eigenvalue weighted by Crippen LogP contribution is -2.28. The van der Waals surface area contributed by atoms with E-state index in [1.54, 1.807) is 54.9 Å². The van der Waals surface area contributed by atoms with Crippen LogP contribution in [0.25, 0.3) is 21.8 Å². The first kappa shape index (κ1) is 35.2. The van der Waals surface area contributed by atoms with Crippen LogP contribution in [0.15, 0.2) is 60.9 Å². The maximum Gasteiger partial charge on any atom is 0.272 e. The van der Waals surface area contributed by atoms with E-state index in [2.05, 4.69) is 26.2 Å². The van der Waals surface area contributed by atoms with Crippen molar-refractivity contribution in [2.45, 2.75) is 25.7 Å². The molecule has 0 aliphatic heterocycles. The van der Waals surface area contributed by atoms with Gasteiger partial charge in [0.2, 0.25) is 5.91 Å². The van der Waals surface area contributed by atoms with E-state index in [0.29, 0.717) is 53.7 Å². The molecule has 3 amide bonds. The standard InChI is InChI=1S/C36H43ClN8O4/c1-43(2)16-8-15-39-35(47)31-19-25(22-44(31)3)41-36(48)32-18-24(21-45(32)4)40-33(46)9-6-7-14-38-34-27-12-10-23(37)17-30(27)42-29-13-11-26(49-5)20-28(29)34/h10-13,17-22H,6-9,14-16H2,1-5H3,(H,38,42)(H,39,47)(H,40,46)(H,41,48). The molecule has 0 saturated carbocycles. The summed E-state index contributed by atoms with van der Waals surface area (Å²) in [6.45, 7) is 2.09. The van der Waals surface area contributed by atoms with Crippen LogP contribution in [0.4, 0.5) is 17.1 Å². The monoisotopic (exact) mass is 686 g/mol. The minimum Gasteiger partial charge on any atom is -0.497 e. The fourth-order valence-corrected chi connectivity index (χ4v) is 5.83. The number of unbranched alkanes of at least 4 members (excludes halogenated alkanes) is 1. The summed E-state index contributed by atoms with van der Waals surface area (Å²) in [7, 11) is 9.11. The Morgan fingerprint density at radius 1 is 0.816 bits per heavy atom. The molecule has 5 aromatic rings. The van der Waals surface area contributed by atoms with Gasteiger partial charge in [-0.05, 0) is 88.4 Å². The van der Waals surface area contributed by atoms with Crippen LogP contribution >= 0.6 is 11.6 Å². The highest BCUT2D eigenvalue weighted by Crippen LogP contribution is 2.34. The van der Waals surface area contributed by atoms with Crippen molar-refractivity contribution in [2.24, 2.45) is 14.1 Å². The zero-order valence-corrected chi connectivity index (χ0v) is 29.3. The van der Waals surface area contributed by atoms with Crippen LogP contribution in [-0.4, -0.2) is 77.6 Å². The van der Waals surface area contributed by atoms with E-state index < -0.39 is 0 Å². The van der Waals surface area contributed by atoms with Gasteiger partial charge in [0.25, 0.3) is 11.8 Å². The van der Waals surface area contributed by atoms with Crippen LogP contribution in [0.5, 0.6) is 5.75 Å². The average Bonchev–Trinajstić information content (AvgIpc) is 3.62. The molecule has 12 nitrogen and oxygen atoms in total. The first-order valence-electron chi connectivity index (χ1n) is 16.2. The van der Waals surface area contributed by atoms with Crippen LogP contribution in [0, 0.1) is 0 Å². The zero-order chi connectivity index (χ0) is 35.1. The number of aromatic nitrogens is 3. The Labute approximate surface area is 290 Å². The highest BCUT2D eigenvalue weighted by Gasteiger charge is 2.17. The minimum atomic E-state index is -0.353. The van der Waals surface area contributed by atoms with Crippen molar-refractivity contribution in [1.82, 2.24) is 24.3 Å².